The Bertz CT molecular complexity index is 584. The van der Waals surface area contributed by atoms with Gasteiger partial charge in [0.15, 0.2) is 11.5 Å². The van der Waals surface area contributed by atoms with E-state index in [1.807, 2.05) is 12.1 Å². The van der Waals surface area contributed by atoms with Crippen molar-refractivity contribution in [3.05, 3.63) is 53.6 Å². The van der Waals surface area contributed by atoms with Gasteiger partial charge in [0.1, 0.15) is 0 Å². The fourth-order valence-electron chi connectivity index (χ4n) is 2.15. The minimum atomic E-state index is 0.284. The first kappa shape index (κ1) is 16.2. The summed E-state index contributed by atoms with van der Waals surface area (Å²) in [6, 6.07) is 14.7. The van der Waals surface area contributed by atoms with Crippen molar-refractivity contribution in [3.63, 3.8) is 0 Å². The molecule has 2 aromatic carbocycles. The molecule has 2 aromatic rings. The Hall–Kier alpha value is -1.13. The van der Waals surface area contributed by atoms with Crippen molar-refractivity contribution in [2.24, 2.45) is 0 Å². The Morgan fingerprint density at radius 1 is 1.00 bits per heavy atom. The minimum absolute atomic E-state index is 0.284. The lowest BCUT2D eigenvalue weighted by molar-refractivity contribution is 0.354. The number of thioether (sulfide) groups is 1. The van der Waals surface area contributed by atoms with Gasteiger partial charge in [-0.1, -0.05) is 34.1 Å². The monoisotopic (exact) mass is 366 g/mol. The third kappa shape index (κ3) is 4.17. The molecule has 2 rings (SSSR count). The Balaban J connectivity index is 2.12. The molecule has 0 fully saturated rings. The van der Waals surface area contributed by atoms with Crippen molar-refractivity contribution in [1.29, 1.82) is 0 Å². The van der Waals surface area contributed by atoms with Crippen LogP contribution in [-0.4, -0.2) is 20.5 Å². The molecule has 0 heterocycles. The summed E-state index contributed by atoms with van der Waals surface area (Å²) in [4.78, 5) is 1.57. The van der Waals surface area contributed by atoms with Crippen molar-refractivity contribution < 1.29 is 9.47 Å². The van der Waals surface area contributed by atoms with Crippen LogP contribution in [0.15, 0.2) is 47.4 Å². The van der Waals surface area contributed by atoms with Gasteiger partial charge in [-0.05, 0) is 48.1 Å². The zero-order valence-electron chi connectivity index (χ0n) is 12.4. The molecule has 0 aliphatic rings. The lowest BCUT2D eigenvalue weighted by atomic mass is 10.0. The number of rotatable bonds is 6. The molecule has 0 aromatic heterocycles. The highest BCUT2D eigenvalue weighted by molar-refractivity contribution is 9.09. The number of hydrogen-bond donors (Lipinski definition) is 0. The Morgan fingerprint density at radius 3 is 2.24 bits per heavy atom. The number of ether oxygens (including phenoxy) is 2. The lowest BCUT2D eigenvalue weighted by Gasteiger charge is -2.13. The average molecular weight is 367 g/mol. The van der Waals surface area contributed by atoms with Crippen LogP contribution in [0.1, 0.15) is 16.0 Å². The summed E-state index contributed by atoms with van der Waals surface area (Å²) < 4.78 is 10.6. The van der Waals surface area contributed by atoms with Gasteiger partial charge in [-0.15, -0.1) is 11.8 Å². The van der Waals surface area contributed by atoms with Crippen molar-refractivity contribution in [3.8, 4) is 11.5 Å². The minimum Gasteiger partial charge on any atom is -0.493 e. The molecular formula is C17H19BrO2S. The van der Waals surface area contributed by atoms with Crippen LogP contribution in [-0.2, 0) is 6.42 Å². The molecule has 1 unspecified atom stereocenters. The van der Waals surface area contributed by atoms with E-state index in [2.05, 4.69) is 52.5 Å². The van der Waals surface area contributed by atoms with Crippen molar-refractivity contribution in [1.82, 2.24) is 0 Å². The highest BCUT2D eigenvalue weighted by Crippen LogP contribution is 2.32. The van der Waals surface area contributed by atoms with Gasteiger partial charge in [-0.2, -0.15) is 0 Å². The largest absolute Gasteiger partial charge is 0.493 e. The smallest absolute Gasteiger partial charge is 0.160 e. The second-order valence-corrected chi connectivity index (χ2v) is 6.62. The third-order valence-electron chi connectivity index (χ3n) is 3.34. The zero-order valence-corrected chi connectivity index (χ0v) is 14.8. The van der Waals surface area contributed by atoms with Crippen LogP contribution in [0.3, 0.4) is 0 Å². The standard InChI is InChI=1S/C17H19BrO2S/c1-19-16-9-4-12(11-17(16)20-2)10-15(18)13-5-7-14(21-3)8-6-13/h4-9,11,15H,10H2,1-3H3. The average Bonchev–Trinajstić information content (AvgIpc) is 2.54. The summed E-state index contributed by atoms with van der Waals surface area (Å²) in [6.45, 7) is 0. The molecule has 0 aliphatic carbocycles. The first-order chi connectivity index (χ1) is 10.2. The van der Waals surface area contributed by atoms with Crippen LogP contribution in [0, 0.1) is 0 Å². The topological polar surface area (TPSA) is 18.5 Å². The number of methoxy groups -OCH3 is 2. The molecule has 0 amide bonds. The number of alkyl halides is 1. The Kier molecular flexibility index (Phi) is 6.00. The second kappa shape index (κ2) is 7.76. The summed E-state index contributed by atoms with van der Waals surface area (Å²) in [5, 5.41) is 0. The summed E-state index contributed by atoms with van der Waals surface area (Å²) in [6.07, 6.45) is 2.99. The molecule has 0 saturated heterocycles. The summed E-state index contributed by atoms with van der Waals surface area (Å²) >= 11 is 5.53. The van der Waals surface area contributed by atoms with E-state index in [0.29, 0.717) is 0 Å². The number of hydrogen-bond acceptors (Lipinski definition) is 3. The van der Waals surface area contributed by atoms with E-state index >= 15 is 0 Å². The Morgan fingerprint density at radius 2 is 1.67 bits per heavy atom. The van der Waals surface area contributed by atoms with Gasteiger partial charge in [0.25, 0.3) is 0 Å². The fraction of sp³-hybridized carbons (Fsp3) is 0.294. The van der Waals surface area contributed by atoms with E-state index in [1.165, 1.54) is 16.0 Å². The van der Waals surface area contributed by atoms with E-state index in [4.69, 9.17) is 9.47 Å². The quantitative estimate of drug-likeness (QED) is 0.523. The number of halogens is 1. The van der Waals surface area contributed by atoms with Crippen molar-refractivity contribution in [2.45, 2.75) is 16.1 Å². The third-order valence-corrected chi connectivity index (χ3v) is 4.94. The molecule has 0 radical (unpaired) electrons. The fourth-order valence-corrected chi connectivity index (χ4v) is 3.23. The van der Waals surface area contributed by atoms with Crippen LogP contribution >= 0.6 is 27.7 Å². The maximum Gasteiger partial charge on any atom is 0.160 e. The predicted molar refractivity (Wildman–Crippen MR) is 93.1 cm³/mol. The van der Waals surface area contributed by atoms with Crippen molar-refractivity contribution >= 4 is 27.7 Å². The maximum atomic E-state index is 5.35. The SMILES string of the molecule is COc1ccc(CC(Br)c2ccc(SC)cc2)cc1OC. The highest BCUT2D eigenvalue weighted by atomic mass is 79.9. The van der Waals surface area contributed by atoms with E-state index in [9.17, 15) is 0 Å². The van der Waals surface area contributed by atoms with E-state index in [-0.39, 0.29) is 4.83 Å². The van der Waals surface area contributed by atoms with Gasteiger partial charge in [-0.3, -0.25) is 0 Å². The zero-order chi connectivity index (χ0) is 15.2. The van der Waals surface area contributed by atoms with Gasteiger partial charge in [0.2, 0.25) is 0 Å². The lowest BCUT2D eigenvalue weighted by Crippen LogP contribution is -1.97. The maximum absolute atomic E-state index is 5.35. The van der Waals surface area contributed by atoms with Gasteiger partial charge in [0, 0.05) is 9.72 Å². The van der Waals surface area contributed by atoms with Gasteiger partial charge in [0.05, 0.1) is 14.2 Å². The van der Waals surface area contributed by atoms with E-state index in [1.54, 1.807) is 26.0 Å². The first-order valence-electron chi connectivity index (χ1n) is 6.67. The molecule has 0 aliphatic heterocycles. The molecule has 0 saturated carbocycles. The van der Waals surface area contributed by atoms with Gasteiger partial charge >= 0.3 is 0 Å². The van der Waals surface area contributed by atoms with Crippen LogP contribution in [0.4, 0.5) is 0 Å². The summed E-state index contributed by atoms with van der Waals surface area (Å²) in [5.41, 5.74) is 2.49. The molecule has 4 heteroatoms. The Labute approximate surface area is 139 Å². The second-order valence-electron chi connectivity index (χ2n) is 4.63. The molecule has 2 nitrogen and oxygen atoms in total. The molecule has 21 heavy (non-hydrogen) atoms. The van der Waals surface area contributed by atoms with Crippen LogP contribution in [0.2, 0.25) is 0 Å². The van der Waals surface area contributed by atoms with E-state index in [0.717, 1.165) is 17.9 Å². The molecular weight excluding hydrogens is 348 g/mol. The van der Waals surface area contributed by atoms with Crippen LogP contribution < -0.4 is 9.47 Å². The van der Waals surface area contributed by atoms with Gasteiger partial charge in [-0.25, -0.2) is 0 Å². The predicted octanol–water partition coefficient (Wildman–Crippen LogP) is 5.10. The number of benzene rings is 2. The van der Waals surface area contributed by atoms with Crippen LogP contribution in [0.25, 0.3) is 0 Å². The summed E-state index contributed by atoms with van der Waals surface area (Å²) in [5.74, 6) is 1.53. The van der Waals surface area contributed by atoms with E-state index < -0.39 is 0 Å². The molecule has 0 spiro atoms. The molecule has 0 bridgehead atoms. The van der Waals surface area contributed by atoms with Crippen LogP contribution in [0.5, 0.6) is 11.5 Å². The normalized spacial score (nSPS) is 12.0. The first-order valence-corrected chi connectivity index (χ1v) is 8.81. The molecule has 1 atom stereocenters. The van der Waals surface area contributed by atoms with Crippen molar-refractivity contribution in [2.75, 3.05) is 20.5 Å². The molecule has 0 N–H and O–H groups in total. The molecule has 112 valence electrons. The summed E-state index contributed by atoms with van der Waals surface area (Å²) in [7, 11) is 3.31. The van der Waals surface area contributed by atoms with Gasteiger partial charge < -0.3 is 9.47 Å². The highest BCUT2D eigenvalue weighted by Gasteiger charge is 2.11.